The molecule has 4 heteroatoms. The first-order valence-corrected chi connectivity index (χ1v) is 3.91. The lowest BCUT2D eigenvalue weighted by Gasteiger charge is -2.03. The van der Waals surface area contributed by atoms with Crippen molar-refractivity contribution in [1.82, 2.24) is 0 Å². The number of halogens is 2. The fraction of sp³-hybridized carbons (Fsp3) is 0.333. The summed E-state index contributed by atoms with van der Waals surface area (Å²) in [5.74, 6) is 3.72. The molecule has 1 aromatic carbocycles. The smallest absolute Gasteiger partial charge is 0.129 e. The highest BCUT2D eigenvalue weighted by Gasteiger charge is 2.06. The minimum Gasteiger partial charge on any atom is -0.304 e. The van der Waals surface area contributed by atoms with E-state index in [0.29, 0.717) is 12.0 Å². The van der Waals surface area contributed by atoms with Gasteiger partial charge in [0.2, 0.25) is 0 Å². The molecule has 0 heterocycles. The van der Waals surface area contributed by atoms with E-state index in [9.17, 15) is 8.78 Å². The standard InChI is InChI=1S/C9H11F2NO/c1-6-8(10)4-7(2-3-13-12)5-9(6)11/h4-5H,2-3,12H2,1H3. The molecule has 2 N–H and O–H groups in total. The number of benzene rings is 1. The summed E-state index contributed by atoms with van der Waals surface area (Å²) in [7, 11) is 0. The molecule has 72 valence electrons. The molecule has 13 heavy (non-hydrogen) atoms. The van der Waals surface area contributed by atoms with Gasteiger partial charge in [-0.1, -0.05) is 0 Å². The summed E-state index contributed by atoms with van der Waals surface area (Å²) in [6.45, 7) is 1.65. The molecule has 0 amide bonds. The minimum atomic E-state index is -0.535. The first-order chi connectivity index (χ1) is 6.15. The van der Waals surface area contributed by atoms with Gasteiger partial charge in [-0.05, 0) is 31.0 Å². The van der Waals surface area contributed by atoms with Gasteiger partial charge in [-0.3, -0.25) is 0 Å². The zero-order valence-corrected chi connectivity index (χ0v) is 7.31. The van der Waals surface area contributed by atoms with Gasteiger partial charge in [0.05, 0.1) is 6.61 Å². The topological polar surface area (TPSA) is 35.2 Å². The van der Waals surface area contributed by atoms with E-state index >= 15 is 0 Å². The fourth-order valence-electron chi connectivity index (χ4n) is 1.02. The van der Waals surface area contributed by atoms with Gasteiger partial charge in [-0.15, -0.1) is 0 Å². The van der Waals surface area contributed by atoms with Gasteiger partial charge in [0, 0.05) is 5.56 Å². The van der Waals surface area contributed by atoms with Crippen molar-refractivity contribution in [2.24, 2.45) is 5.90 Å². The first-order valence-electron chi connectivity index (χ1n) is 3.91. The lowest BCUT2D eigenvalue weighted by molar-refractivity contribution is 0.141. The Morgan fingerprint density at radius 3 is 2.31 bits per heavy atom. The maximum Gasteiger partial charge on any atom is 0.129 e. The summed E-state index contributed by atoms with van der Waals surface area (Å²) in [4.78, 5) is 4.31. The third-order valence-electron chi connectivity index (χ3n) is 1.85. The van der Waals surface area contributed by atoms with E-state index in [2.05, 4.69) is 4.84 Å². The number of rotatable bonds is 3. The molecule has 0 radical (unpaired) electrons. The van der Waals surface area contributed by atoms with E-state index < -0.39 is 11.6 Å². The van der Waals surface area contributed by atoms with Crippen LogP contribution in [0, 0.1) is 18.6 Å². The first kappa shape index (κ1) is 10.1. The van der Waals surface area contributed by atoms with Crippen LogP contribution in [-0.2, 0) is 11.3 Å². The maximum absolute atomic E-state index is 13.0. The molecular weight excluding hydrogens is 176 g/mol. The van der Waals surface area contributed by atoms with Gasteiger partial charge in [0.1, 0.15) is 11.6 Å². The zero-order valence-electron chi connectivity index (χ0n) is 7.31. The van der Waals surface area contributed by atoms with Crippen molar-refractivity contribution in [3.8, 4) is 0 Å². The van der Waals surface area contributed by atoms with Gasteiger partial charge in [0.25, 0.3) is 0 Å². The van der Waals surface area contributed by atoms with Gasteiger partial charge in [-0.2, -0.15) is 0 Å². The van der Waals surface area contributed by atoms with Gasteiger partial charge in [-0.25, -0.2) is 14.7 Å². The molecule has 0 fully saturated rings. The second kappa shape index (κ2) is 4.30. The summed E-state index contributed by atoms with van der Waals surface area (Å²) >= 11 is 0. The largest absolute Gasteiger partial charge is 0.304 e. The molecule has 0 aliphatic carbocycles. The van der Waals surface area contributed by atoms with Crippen LogP contribution in [-0.4, -0.2) is 6.61 Å². The van der Waals surface area contributed by atoms with E-state index in [1.807, 2.05) is 0 Å². The van der Waals surface area contributed by atoms with Crippen LogP contribution in [0.5, 0.6) is 0 Å². The van der Waals surface area contributed by atoms with E-state index in [4.69, 9.17) is 5.90 Å². The van der Waals surface area contributed by atoms with Crippen LogP contribution in [0.15, 0.2) is 12.1 Å². The molecule has 0 aliphatic rings. The summed E-state index contributed by atoms with van der Waals surface area (Å²) in [6, 6.07) is 2.58. The van der Waals surface area contributed by atoms with Crippen LogP contribution in [0.25, 0.3) is 0 Å². The van der Waals surface area contributed by atoms with E-state index in [1.54, 1.807) is 0 Å². The molecule has 0 aliphatic heterocycles. The average Bonchev–Trinajstić information content (AvgIpc) is 2.10. The molecule has 0 spiro atoms. The van der Waals surface area contributed by atoms with Crippen molar-refractivity contribution < 1.29 is 13.6 Å². The van der Waals surface area contributed by atoms with Crippen molar-refractivity contribution >= 4 is 0 Å². The third-order valence-corrected chi connectivity index (χ3v) is 1.85. The van der Waals surface area contributed by atoms with Crippen molar-refractivity contribution in [2.45, 2.75) is 13.3 Å². The number of nitrogens with two attached hydrogens (primary N) is 1. The lowest BCUT2D eigenvalue weighted by Crippen LogP contribution is -2.04. The Morgan fingerprint density at radius 2 is 1.85 bits per heavy atom. The SMILES string of the molecule is Cc1c(F)cc(CCON)cc1F. The second-order valence-corrected chi connectivity index (χ2v) is 2.81. The van der Waals surface area contributed by atoms with Gasteiger partial charge >= 0.3 is 0 Å². The summed E-state index contributed by atoms with van der Waals surface area (Å²) in [6.07, 6.45) is 0.407. The Balaban J connectivity index is 2.86. The maximum atomic E-state index is 13.0. The van der Waals surface area contributed by atoms with Crippen LogP contribution in [0.1, 0.15) is 11.1 Å². The highest BCUT2D eigenvalue weighted by atomic mass is 19.1. The monoisotopic (exact) mass is 187 g/mol. The fourth-order valence-corrected chi connectivity index (χ4v) is 1.02. The van der Waals surface area contributed by atoms with Crippen LogP contribution in [0.4, 0.5) is 8.78 Å². The highest BCUT2D eigenvalue weighted by Crippen LogP contribution is 2.14. The molecule has 0 aromatic heterocycles. The quantitative estimate of drug-likeness (QED) is 0.731. The van der Waals surface area contributed by atoms with Crippen molar-refractivity contribution in [1.29, 1.82) is 0 Å². The number of hydrogen-bond donors (Lipinski definition) is 1. The molecule has 0 bridgehead atoms. The number of hydrogen-bond acceptors (Lipinski definition) is 2. The Labute approximate surface area is 75.3 Å². The molecule has 2 nitrogen and oxygen atoms in total. The van der Waals surface area contributed by atoms with Crippen molar-refractivity contribution in [2.75, 3.05) is 6.61 Å². The minimum absolute atomic E-state index is 0.0393. The summed E-state index contributed by atoms with van der Waals surface area (Å²) < 4.78 is 25.9. The Bertz CT molecular complexity index is 279. The molecule has 1 rings (SSSR count). The zero-order chi connectivity index (χ0) is 9.84. The van der Waals surface area contributed by atoms with E-state index in [1.165, 1.54) is 19.1 Å². The summed E-state index contributed by atoms with van der Waals surface area (Å²) in [5, 5.41) is 0. The van der Waals surface area contributed by atoms with Gasteiger partial charge < -0.3 is 4.84 Å². The average molecular weight is 187 g/mol. The van der Waals surface area contributed by atoms with Crippen LogP contribution >= 0.6 is 0 Å². The predicted octanol–water partition coefficient (Wildman–Crippen LogP) is 1.71. The predicted molar refractivity (Wildman–Crippen MR) is 44.9 cm³/mol. The summed E-state index contributed by atoms with van der Waals surface area (Å²) in [5.41, 5.74) is 0.587. The van der Waals surface area contributed by atoms with E-state index in [-0.39, 0.29) is 12.2 Å². The lowest BCUT2D eigenvalue weighted by atomic mass is 10.1. The molecule has 0 saturated carbocycles. The van der Waals surface area contributed by atoms with Crippen LogP contribution in [0.2, 0.25) is 0 Å². The third kappa shape index (κ3) is 2.47. The second-order valence-electron chi connectivity index (χ2n) is 2.81. The molecule has 1 aromatic rings. The molecular formula is C9H11F2NO. The molecule has 0 unspecified atom stereocenters. The van der Waals surface area contributed by atoms with E-state index in [0.717, 1.165) is 0 Å². The normalized spacial score (nSPS) is 10.5. The molecule has 0 atom stereocenters. The van der Waals surface area contributed by atoms with Crippen LogP contribution in [0.3, 0.4) is 0 Å². The Kier molecular flexibility index (Phi) is 3.33. The Hall–Kier alpha value is -1.00. The molecule has 0 saturated heterocycles. The van der Waals surface area contributed by atoms with Crippen molar-refractivity contribution in [3.05, 3.63) is 34.9 Å². The van der Waals surface area contributed by atoms with Crippen molar-refractivity contribution in [3.63, 3.8) is 0 Å². The van der Waals surface area contributed by atoms with Gasteiger partial charge in [0.15, 0.2) is 0 Å². The highest BCUT2D eigenvalue weighted by molar-refractivity contribution is 5.25. The Morgan fingerprint density at radius 1 is 1.31 bits per heavy atom. The van der Waals surface area contributed by atoms with Crippen LogP contribution < -0.4 is 5.90 Å².